The van der Waals surface area contributed by atoms with E-state index in [1.165, 1.54) is 22.8 Å². The number of nitrogens with one attached hydrogen (secondary N) is 2. The summed E-state index contributed by atoms with van der Waals surface area (Å²) in [5.41, 5.74) is 1.45. The van der Waals surface area contributed by atoms with E-state index in [-0.39, 0.29) is 22.6 Å². The normalized spacial score (nSPS) is 15.6. The van der Waals surface area contributed by atoms with E-state index in [1.54, 1.807) is 37.4 Å². The van der Waals surface area contributed by atoms with Gasteiger partial charge in [0, 0.05) is 50.6 Å². The molecule has 1 aliphatic rings. The molecule has 0 radical (unpaired) electrons. The van der Waals surface area contributed by atoms with Crippen LogP contribution in [0.25, 0.3) is 0 Å². The Balaban J connectivity index is 1.51. The van der Waals surface area contributed by atoms with Gasteiger partial charge in [0.15, 0.2) is 0 Å². The minimum absolute atomic E-state index is 0.0844. The molecule has 3 rings (SSSR count). The molecule has 0 saturated carbocycles. The van der Waals surface area contributed by atoms with Gasteiger partial charge in [-0.25, -0.2) is 8.42 Å². The lowest BCUT2D eigenvalue weighted by atomic mass is 9.97. The first-order chi connectivity index (χ1) is 13.9. The lowest BCUT2D eigenvalue weighted by molar-refractivity contribution is -0.126. The van der Waals surface area contributed by atoms with E-state index in [2.05, 4.69) is 15.6 Å². The molecule has 1 aromatic carbocycles. The third-order valence-corrected chi connectivity index (χ3v) is 6.89. The second-order valence-electron chi connectivity index (χ2n) is 6.86. The summed E-state index contributed by atoms with van der Waals surface area (Å²) in [6.45, 7) is 0.966. The number of aromatic nitrogens is 1. The van der Waals surface area contributed by atoms with E-state index >= 15 is 0 Å². The molecule has 0 bridgehead atoms. The molecule has 2 heterocycles. The van der Waals surface area contributed by atoms with Crippen molar-refractivity contribution < 1.29 is 18.0 Å². The Bertz CT molecular complexity index is 954. The minimum Gasteiger partial charge on any atom is -0.355 e. The average Bonchev–Trinajstić information content (AvgIpc) is 2.78. The highest BCUT2D eigenvalue weighted by atomic mass is 32.2. The Hall–Kier alpha value is -2.78. The number of rotatable bonds is 6. The summed E-state index contributed by atoms with van der Waals surface area (Å²) in [7, 11) is -2.00. The predicted octanol–water partition coefficient (Wildman–Crippen LogP) is 1.16. The van der Waals surface area contributed by atoms with Crippen molar-refractivity contribution in [3.8, 4) is 0 Å². The third-order valence-electron chi connectivity index (χ3n) is 5.01. The summed E-state index contributed by atoms with van der Waals surface area (Å²) in [5, 5.41) is 5.46. The third kappa shape index (κ3) is 4.99. The fraction of sp³-hybridized carbons (Fsp3) is 0.350. The van der Waals surface area contributed by atoms with Crippen molar-refractivity contribution in [2.24, 2.45) is 5.92 Å². The van der Waals surface area contributed by atoms with Crippen molar-refractivity contribution in [2.75, 3.05) is 20.1 Å². The topological polar surface area (TPSA) is 108 Å². The molecule has 2 amide bonds. The first kappa shape index (κ1) is 20.9. The number of carbonyl (C=O) groups excluding carboxylic acids is 2. The molecule has 2 N–H and O–H groups in total. The van der Waals surface area contributed by atoms with Gasteiger partial charge < -0.3 is 10.6 Å². The number of nitrogens with zero attached hydrogens (tertiary/aromatic N) is 2. The van der Waals surface area contributed by atoms with Crippen LogP contribution in [-0.2, 0) is 21.4 Å². The van der Waals surface area contributed by atoms with Gasteiger partial charge >= 0.3 is 0 Å². The van der Waals surface area contributed by atoms with Crippen LogP contribution in [-0.4, -0.2) is 49.7 Å². The molecular weight excluding hydrogens is 392 g/mol. The Morgan fingerprint density at radius 1 is 1.14 bits per heavy atom. The van der Waals surface area contributed by atoms with E-state index < -0.39 is 10.0 Å². The Kier molecular flexibility index (Phi) is 6.60. The first-order valence-corrected chi connectivity index (χ1v) is 10.8. The van der Waals surface area contributed by atoms with E-state index in [9.17, 15) is 18.0 Å². The molecule has 154 valence electrons. The van der Waals surface area contributed by atoms with Gasteiger partial charge in [-0.15, -0.1) is 0 Å². The van der Waals surface area contributed by atoms with Crippen LogP contribution < -0.4 is 10.6 Å². The highest BCUT2D eigenvalue weighted by Gasteiger charge is 2.32. The fourth-order valence-electron chi connectivity index (χ4n) is 3.26. The largest absolute Gasteiger partial charge is 0.355 e. The van der Waals surface area contributed by atoms with E-state index in [0.717, 1.165) is 5.56 Å². The summed E-state index contributed by atoms with van der Waals surface area (Å²) in [5.74, 6) is -0.465. The first-order valence-electron chi connectivity index (χ1n) is 9.40. The quantitative estimate of drug-likeness (QED) is 0.735. The number of piperidine rings is 1. The SMILES string of the molecule is CNC(=O)c1ccc(CNC(=O)C2CCN(S(=O)(=O)c3cccnc3)CC2)cc1. The number of pyridine rings is 1. The number of carbonyl (C=O) groups is 2. The van der Waals surface area contributed by atoms with E-state index in [4.69, 9.17) is 0 Å². The van der Waals surface area contributed by atoms with Gasteiger partial charge in [0.05, 0.1) is 0 Å². The van der Waals surface area contributed by atoms with Crippen molar-refractivity contribution in [2.45, 2.75) is 24.3 Å². The van der Waals surface area contributed by atoms with E-state index in [0.29, 0.717) is 38.0 Å². The monoisotopic (exact) mass is 416 g/mol. The molecule has 0 spiro atoms. The molecule has 0 atom stereocenters. The highest BCUT2D eigenvalue weighted by Crippen LogP contribution is 2.23. The van der Waals surface area contributed by atoms with Gasteiger partial charge in [0.25, 0.3) is 5.91 Å². The number of amides is 2. The summed E-state index contributed by atoms with van der Waals surface area (Å²) in [6.07, 6.45) is 3.81. The molecule has 0 aliphatic carbocycles. The zero-order chi connectivity index (χ0) is 20.9. The maximum atomic E-state index is 12.6. The molecule has 9 heteroatoms. The lowest BCUT2D eigenvalue weighted by Gasteiger charge is -2.30. The molecule has 1 aliphatic heterocycles. The zero-order valence-electron chi connectivity index (χ0n) is 16.2. The Labute approximate surface area is 170 Å². The lowest BCUT2D eigenvalue weighted by Crippen LogP contribution is -2.42. The van der Waals surface area contributed by atoms with Gasteiger partial charge in [-0.1, -0.05) is 12.1 Å². The molecule has 1 fully saturated rings. The van der Waals surface area contributed by atoms with Crippen molar-refractivity contribution in [3.05, 3.63) is 59.9 Å². The van der Waals surface area contributed by atoms with Gasteiger partial charge in [0.1, 0.15) is 4.90 Å². The summed E-state index contributed by atoms with van der Waals surface area (Å²) < 4.78 is 26.7. The van der Waals surface area contributed by atoms with Crippen molar-refractivity contribution >= 4 is 21.8 Å². The molecule has 2 aromatic rings. The smallest absolute Gasteiger partial charge is 0.251 e. The second-order valence-corrected chi connectivity index (χ2v) is 8.80. The van der Waals surface area contributed by atoms with Crippen LogP contribution >= 0.6 is 0 Å². The van der Waals surface area contributed by atoms with Gasteiger partial charge in [-0.2, -0.15) is 4.31 Å². The van der Waals surface area contributed by atoms with Crippen LogP contribution in [0.3, 0.4) is 0 Å². The van der Waals surface area contributed by atoms with Crippen LogP contribution in [0.4, 0.5) is 0 Å². The predicted molar refractivity (Wildman–Crippen MR) is 107 cm³/mol. The number of hydrogen-bond acceptors (Lipinski definition) is 5. The number of benzene rings is 1. The molecule has 29 heavy (non-hydrogen) atoms. The molecular formula is C20H24N4O4S. The van der Waals surface area contributed by atoms with Crippen LogP contribution in [0.15, 0.2) is 53.7 Å². The van der Waals surface area contributed by atoms with Crippen molar-refractivity contribution in [1.29, 1.82) is 0 Å². The van der Waals surface area contributed by atoms with Crippen LogP contribution in [0.5, 0.6) is 0 Å². The number of hydrogen-bond donors (Lipinski definition) is 2. The zero-order valence-corrected chi connectivity index (χ0v) is 17.0. The molecule has 0 unspecified atom stereocenters. The van der Waals surface area contributed by atoms with Crippen molar-refractivity contribution in [3.63, 3.8) is 0 Å². The number of sulfonamides is 1. The Morgan fingerprint density at radius 3 is 2.41 bits per heavy atom. The standard InChI is InChI=1S/C20H24N4O4S/c1-21-19(25)16-6-4-15(5-7-16)13-23-20(26)17-8-11-24(12-9-17)29(27,28)18-3-2-10-22-14-18/h2-7,10,14,17H,8-9,11-13H2,1H3,(H,21,25)(H,23,26). The minimum atomic E-state index is -3.57. The summed E-state index contributed by atoms with van der Waals surface area (Å²) >= 11 is 0. The van der Waals surface area contributed by atoms with Crippen LogP contribution in [0.2, 0.25) is 0 Å². The maximum absolute atomic E-state index is 12.6. The fourth-order valence-corrected chi connectivity index (χ4v) is 4.69. The Morgan fingerprint density at radius 2 is 1.83 bits per heavy atom. The molecule has 1 saturated heterocycles. The van der Waals surface area contributed by atoms with Crippen molar-refractivity contribution in [1.82, 2.24) is 19.9 Å². The summed E-state index contributed by atoms with van der Waals surface area (Å²) in [4.78, 5) is 28.1. The molecule has 8 nitrogen and oxygen atoms in total. The summed E-state index contributed by atoms with van der Waals surface area (Å²) in [6, 6.07) is 10.1. The highest BCUT2D eigenvalue weighted by molar-refractivity contribution is 7.89. The second kappa shape index (κ2) is 9.15. The van der Waals surface area contributed by atoms with Crippen LogP contribution in [0.1, 0.15) is 28.8 Å². The van der Waals surface area contributed by atoms with Crippen LogP contribution in [0, 0.1) is 5.92 Å². The van der Waals surface area contributed by atoms with Gasteiger partial charge in [0.2, 0.25) is 15.9 Å². The van der Waals surface area contributed by atoms with Gasteiger partial charge in [-0.05, 0) is 42.7 Å². The molecule has 1 aromatic heterocycles. The maximum Gasteiger partial charge on any atom is 0.251 e. The average molecular weight is 417 g/mol. The van der Waals surface area contributed by atoms with Gasteiger partial charge in [-0.3, -0.25) is 14.6 Å². The van der Waals surface area contributed by atoms with E-state index in [1.807, 2.05) is 0 Å².